The zero-order valence-electron chi connectivity index (χ0n) is 1.17. The van der Waals surface area contributed by atoms with E-state index in [2.05, 4.69) is 0 Å². The zero-order chi connectivity index (χ0) is 2.00. The van der Waals surface area contributed by atoms with Gasteiger partial charge in [0.25, 0.3) is 0 Å². The molecule has 0 aromatic carbocycles. The summed E-state index contributed by atoms with van der Waals surface area (Å²) in [6.07, 6.45) is 0. The van der Waals surface area contributed by atoms with Crippen LogP contribution in [-0.2, 0) is 37.1 Å². The molecule has 0 aliphatic carbocycles. The molecule has 0 radical (unpaired) electrons. The van der Waals surface area contributed by atoms with Crippen LogP contribution in [0, 0.1) is 0 Å². The first-order chi connectivity index (χ1) is 1.00. The fraction of sp³-hybridized carbons (Fsp3) is 0. The number of rotatable bonds is 0. The Morgan fingerprint density at radius 2 is 1.25 bits per heavy atom. The van der Waals surface area contributed by atoms with Gasteiger partial charge in [-0.3, -0.25) is 0 Å². The average molecular weight is 154 g/mol. The third-order valence-electron chi connectivity index (χ3n) is 0. The molecule has 4 heavy (non-hydrogen) atoms. The molecular formula is H3AlCrFeO. The van der Waals surface area contributed by atoms with E-state index in [1.54, 1.807) is 0 Å². The van der Waals surface area contributed by atoms with Gasteiger partial charge in [0.1, 0.15) is 0 Å². The second-order valence-corrected chi connectivity index (χ2v) is 0. The summed E-state index contributed by atoms with van der Waals surface area (Å²) in [6, 6.07) is 0. The van der Waals surface area contributed by atoms with Crippen LogP contribution in [-0.4, -0.2) is 17.4 Å². The van der Waals surface area contributed by atoms with Gasteiger partial charge in [0, 0.05) is 17.1 Å². The van der Waals surface area contributed by atoms with Crippen molar-refractivity contribution in [2.24, 2.45) is 0 Å². The van der Waals surface area contributed by atoms with Crippen molar-refractivity contribution >= 4 is 17.4 Å². The van der Waals surface area contributed by atoms with E-state index in [1.165, 1.54) is 16.2 Å². The predicted molar refractivity (Wildman–Crippen MR) is 10.6 cm³/mol. The van der Waals surface area contributed by atoms with Crippen molar-refractivity contribution in [3.05, 3.63) is 0 Å². The first-order valence-electron chi connectivity index (χ1n) is 0.167. The summed E-state index contributed by atoms with van der Waals surface area (Å²) < 4.78 is 8.12. The van der Waals surface area contributed by atoms with Gasteiger partial charge in [0.15, 0.2) is 17.4 Å². The molecule has 0 aliphatic heterocycles. The Morgan fingerprint density at radius 3 is 1.25 bits per heavy atom. The van der Waals surface area contributed by atoms with Crippen LogP contribution in [0.25, 0.3) is 0 Å². The fourth-order valence-electron chi connectivity index (χ4n) is 0. The van der Waals surface area contributed by atoms with Crippen LogP contribution >= 0.6 is 0 Å². The van der Waals surface area contributed by atoms with Crippen molar-refractivity contribution in [3.8, 4) is 0 Å². The van der Waals surface area contributed by atoms with Crippen molar-refractivity contribution < 1.29 is 37.1 Å². The summed E-state index contributed by atoms with van der Waals surface area (Å²) in [5.74, 6) is 0. The van der Waals surface area contributed by atoms with Gasteiger partial charge >= 0.3 is 20.0 Å². The molecule has 0 N–H and O–H groups in total. The second kappa shape index (κ2) is 26.2. The summed E-state index contributed by atoms with van der Waals surface area (Å²) in [5.41, 5.74) is 0. The van der Waals surface area contributed by atoms with Crippen LogP contribution in [0.2, 0.25) is 0 Å². The second-order valence-electron chi connectivity index (χ2n) is 0. The van der Waals surface area contributed by atoms with Crippen LogP contribution < -0.4 is 0 Å². The first-order valence-corrected chi connectivity index (χ1v) is 0.687. The van der Waals surface area contributed by atoms with Crippen LogP contribution in [0.15, 0.2) is 0 Å². The van der Waals surface area contributed by atoms with Gasteiger partial charge in [-0.1, -0.05) is 0 Å². The molecule has 0 bridgehead atoms. The van der Waals surface area contributed by atoms with E-state index in [4.69, 9.17) is 3.80 Å². The first kappa shape index (κ1) is 18.2. The van der Waals surface area contributed by atoms with Gasteiger partial charge in [0.05, 0.1) is 0 Å². The summed E-state index contributed by atoms with van der Waals surface area (Å²) in [5, 5.41) is 0. The molecule has 0 aromatic heterocycles. The Labute approximate surface area is 54.4 Å². The van der Waals surface area contributed by atoms with E-state index in [0.29, 0.717) is 0 Å². The molecule has 0 amide bonds. The summed E-state index contributed by atoms with van der Waals surface area (Å²) in [4.78, 5) is 0. The van der Waals surface area contributed by atoms with Crippen molar-refractivity contribution in [2.45, 2.75) is 0 Å². The maximum absolute atomic E-state index is 8.12. The predicted octanol–water partition coefficient (Wildman–Crippen LogP) is -1.31. The molecule has 0 unspecified atom stereocenters. The Balaban J connectivity index is -0.00000000500. The summed E-state index contributed by atoms with van der Waals surface area (Å²) >= 11 is 1.38. The Kier molecular flexibility index (Phi) is 119. The van der Waals surface area contributed by atoms with E-state index in [0.717, 1.165) is 0 Å². The monoisotopic (exact) mass is 154 g/mol. The van der Waals surface area contributed by atoms with Gasteiger partial charge in [-0.05, 0) is 0 Å². The van der Waals surface area contributed by atoms with Crippen molar-refractivity contribution in [2.75, 3.05) is 0 Å². The fourth-order valence-corrected chi connectivity index (χ4v) is 0. The summed E-state index contributed by atoms with van der Waals surface area (Å²) in [7, 11) is 0. The van der Waals surface area contributed by atoms with Gasteiger partial charge < -0.3 is 0 Å². The van der Waals surface area contributed by atoms with Crippen molar-refractivity contribution in [1.82, 2.24) is 0 Å². The SMILES string of the molecule is [AlH3].[Fe].[O]=[Cr]. The van der Waals surface area contributed by atoms with Gasteiger partial charge in [-0.25, -0.2) is 0 Å². The molecule has 0 rings (SSSR count). The van der Waals surface area contributed by atoms with E-state index < -0.39 is 0 Å². The minimum absolute atomic E-state index is 0. The van der Waals surface area contributed by atoms with Gasteiger partial charge in [-0.2, -0.15) is 0 Å². The van der Waals surface area contributed by atoms with E-state index >= 15 is 0 Å². The van der Waals surface area contributed by atoms with Crippen LogP contribution in [0.1, 0.15) is 0 Å². The quantitative estimate of drug-likeness (QED) is 0.396. The van der Waals surface area contributed by atoms with Gasteiger partial charge in [-0.15, -0.1) is 0 Å². The summed E-state index contributed by atoms with van der Waals surface area (Å²) in [6.45, 7) is 0. The van der Waals surface area contributed by atoms with Gasteiger partial charge in [0.2, 0.25) is 0 Å². The third-order valence-corrected chi connectivity index (χ3v) is 0. The number of hydrogen-bond donors (Lipinski definition) is 0. The standard InChI is InChI=1S/Al.Cr.Fe.O.3H. The Morgan fingerprint density at radius 1 is 1.25 bits per heavy atom. The van der Waals surface area contributed by atoms with Crippen molar-refractivity contribution in [3.63, 3.8) is 0 Å². The Bertz CT molecular complexity index is 8.00. The van der Waals surface area contributed by atoms with Crippen LogP contribution in [0.5, 0.6) is 0 Å². The molecule has 26 valence electrons. The molecule has 0 aromatic rings. The normalized spacial score (nSPS) is 1.00. The molecule has 0 atom stereocenters. The molecule has 0 aliphatic rings. The molecule has 4 heteroatoms. The molecule has 0 saturated carbocycles. The molecule has 0 fully saturated rings. The molecule has 0 saturated heterocycles. The van der Waals surface area contributed by atoms with E-state index in [-0.39, 0.29) is 34.4 Å². The van der Waals surface area contributed by atoms with E-state index in [9.17, 15) is 0 Å². The molecular weight excluding hydrogens is 151 g/mol. The zero-order valence-corrected chi connectivity index (χ0v) is 3.55. The minimum atomic E-state index is 0. The maximum atomic E-state index is 8.12. The van der Waals surface area contributed by atoms with Crippen LogP contribution in [0.3, 0.4) is 0 Å². The average Bonchev–Trinajstić information content (AvgIpc) is 1.00. The Hall–Kier alpha value is 1.38. The third kappa shape index (κ3) is 10.0. The number of hydrogen-bond acceptors (Lipinski definition) is 1. The van der Waals surface area contributed by atoms with Crippen molar-refractivity contribution in [1.29, 1.82) is 0 Å². The van der Waals surface area contributed by atoms with Crippen LogP contribution in [0.4, 0.5) is 0 Å². The molecule has 0 heterocycles. The molecule has 1 nitrogen and oxygen atoms in total. The topological polar surface area (TPSA) is 17.1 Å². The van der Waals surface area contributed by atoms with E-state index in [1.807, 2.05) is 0 Å². The molecule has 0 spiro atoms.